The summed E-state index contributed by atoms with van der Waals surface area (Å²) in [4.78, 5) is 33.5. The molecule has 0 aromatic heterocycles. The van der Waals surface area contributed by atoms with Gasteiger partial charge in [0.2, 0.25) is 0 Å². The molecule has 0 aliphatic rings. The molecule has 0 fully saturated rings. The molecule has 0 aliphatic carbocycles. The van der Waals surface area contributed by atoms with E-state index in [9.17, 15) is 14.4 Å². The molecule has 0 bridgehead atoms. The summed E-state index contributed by atoms with van der Waals surface area (Å²) >= 11 is 0. The quantitative estimate of drug-likeness (QED) is 0.153. The number of hydrogen-bond donors (Lipinski definition) is 3. The molecule has 3 N–H and O–H groups in total. The van der Waals surface area contributed by atoms with E-state index >= 15 is 0 Å². The van der Waals surface area contributed by atoms with E-state index in [1.54, 1.807) is 36.4 Å². The summed E-state index contributed by atoms with van der Waals surface area (Å²) in [6.45, 7) is 0. The Morgan fingerprint density at radius 3 is 0.731 bits per heavy atom. The molecule has 0 heterocycles. The number of rotatable bonds is 3. The number of carboxylic acid groups (broad SMARTS) is 3. The fourth-order valence-electron chi connectivity index (χ4n) is 6.46. The number of fused-ring (bicyclic) bond motifs is 6. The summed E-state index contributed by atoms with van der Waals surface area (Å²) < 4.78 is 0. The molecule has 0 aliphatic heterocycles. The van der Waals surface area contributed by atoms with Gasteiger partial charge in [0.25, 0.3) is 0 Å². The molecular formula is C45H30LuO6. The summed E-state index contributed by atoms with van der Waals surface area (Å²) in [5.41, 5.74) is 1.06. The van der Waals surface area contributed by atoms with Gasteiger partial charge in [0.1, 0.15) is 0 Å². The second-order valence-corrected chi connectivity index (χ2v) is 12.1. The van der Waals surface area contributed by atoms with E-state index in [0.29, 0.717) is 16.7 Å². The molecule has 9 aromatic carbocycles. The van der Waals surface area contributed by atoms with Crippen molar-refractivity contribution in [3.05, 3.63) is 180 Å². The van der Waals surface area contributed by atoms with E-state index in [1.807, 2.05) is 127 Å². The second kappa shape index (κ2) is 15.6. The van der Waals surface area contributed by atoms with Gasteiger partial charge in [-0.15, -0.1) is 0 Å². The normalized spacial score (nSPS) is 10.6. The van der Waals surface area contributed by atoms with Crippen molar-refractivity contribution >= 4 is 82.5 Å². The average Bonchev–Trinajstić information content (AvgIpc) is 3.15. The molecule has 6 nitrogen and oxygen atoms in total. The molecule has 0 spiro atoms. The molecule has 9 aromatic rings. The first-order valence-corrected chi connectivity index (χ1v) is 16.2. The Kier molecular flexibility index (Phi) is 10.8. The van der Waals surface area contributed by atoms with Gasteiger partial charge < -0.3 is 15.3 Å². The third kappa shape index (κ3) is 7.45. The molecule has 52 heavy (non-hydrogen) atoms. The number of carboxylic acids is 3. The largest absolute Gasteiger partial charge is 0.478 e. The van der Waals surface area contributed by atoms with Gasteiger partial charge in [0.15, 0.2) is 0 Å². The van der Waals surface area contributed by atoms with Crippen molar-refractivity contribution in [2.45, 2.75) is 0 Å². The summed E-state index contributed by atoms with van der Waals surface area (Å²) in [6, 6.07) is 51.8. The number of aromatic carboxylic acids is 3. The van der Waals surface area contributed by atoms with Gasteiger partial charge >= 0.3 is 17.9 Å². The zero-order chi connectivity index (χ0) is 35.5. The van der Waals surface area contributed by atoms with Crippen LogP contribution in [0, 0.1) is 36.9 Å². The molecule has 0 saturated carbocycles. The molecule has 261 valence electrons. The number of hydrogen-bond acceptors (Lipinski definition) is 3. The average molecular weight is 842 g/mol. The minimum atomic E-state index is -0.883. The topological polar surface area (TPSA) is 112 Å². The Hall–Kier alpha value is -5.82. The summed E-state index contributed by atoms with van der Waals surface area (Å²) in [5, 5.41) is 39.3. The van der Waals surface area contributed by atoms with Crippen LogP contribution in [0.1, 0.15) is 31.1 Å². The van der Waals surface area contributed by atoms with Gasteiger partial charge in [0, 0.05) is 36.9 Å². The first kappa shape index (κ1) is 36.0. The number of carbonyl (C=O) groups is 3. The number of benzene rings is 9. The van der Waals surface area contributed by atoms with E-state index in [4.69, 9.17) is 15.3 Å². The van der Waals surface area contributed by atoms with Crippen molar-refractivity contribution in [1.82, 2.24) is 0 Å². The Labute approximate surface area is 327 Å². The van der Waals surface area contributed by atoms with Crippen molar-refractivity contribution in [3.63, 3.8) is 0 Å². The van der Waals surface area contributed by atoms with E-state index in [-0.39, 0.29) is 36.9 Å². The van der Waals surface area contributed by atoms with Gasteiger partial charge in [-0.2, -0.15) is 0 Å². The third-order valence-corrected chi connectivity index (χ3v) is 8.93. The van der Waals surface area contributed by atoms with Crippen molar-refractivity contribution in [2.24, 2.45) is 0 Å². The van der Waals surface area contributed by atoms with Gasteiger partial charge in [-0.1, -0.05) is 109 Å². The molecule has 1 radical (unpaired) electrons. The van der Waals surface area contributed by atoms with Crippen molar-refractivity contribution < 1.29 is 66.6 Å². The van der Waals surface area contributed by atoms with E-state index in [1.165, 1.54) is 0 Å². The Morgan fingerprint density at radius 2 is 0.500 bits per heavy atom. The minimum Gasteiger partial charge on any atom is -0.478 e. The minimum absolute atomic E-state index is 0. The van der Waals surface area contributed by atoms with Crippen molar-refractivity contribution in [2.75, 3.05) is 0 Å². The van der Waals surface area contributed by atoms with Crippen LogP contribution in [-0.2, 0) is 0 Å². The predicted molar refractivity (Wildman–Crippen MR) is 205 cm³/mol. The van der Waals surface area contributed by atoms with Crippen LogP contribution in [-0.4, -0.2) is 33.2 Å². The summed E-state index contributed by atoms with van der Waals surface area (Å²) in [5.74, 6) is -2.65. The summed E-state index contributed by atoms with van der Waals surface area (Å²) in [7, 11) is 0. The van der Waals surface area contributed by atoms with E-state index < -0.39 is 17.9 Å². The van der Waals surface area contributed by atoms with Gasteiger partial charge in [0.05, 0.1) is 16.7 Å². The first-order chi connectivity index (χ1) is 24.8. The van der Waals surface area contributed by atoms with Gasteiger partial charge in [-0.25, -0.2) is 14.4 Å². The molecule has 9 rings (SSSR count). The van der Waals surface area contributed by atoms with Crippen LogP contribution in [0.25, 0.3) is 64.6 Å². The van der Waals surface area contributed by atoms with E-state index in [2.05, 4.69) is 0 Å². The van der Waals surface area contributed by atoms with Crippen molar-refractivity contribution in [1.29, 1.82) is 0 Å². The maximum atomic E-state index is 11.2. The Morgan fingerprint density at radius 1 is 0.288 bits per heavy atom. The fourth-order valence-corrected chi connectivity index (χ4v) is 6.46. The van der Waals surface area contributed by atoms with Crippen LogP contribution in [0.2, 0.25) is 0 Å². The fraction of sp³-hybridized carbons (Fsp3) is 0. The molecule has 0 atom stereocenters. The maximum Gasteiger partial charge on any atom is 0.336 e. The molecule has 0 unspecified atom stereocenters. The van der Waals surface area contributed by atoms with Crippen LogP contribution < -0.4 is 0 Å². The van der Waals surface area contributed by atoms with E-state index in [0.717, 1.165) is 64.6 Å². The molecule has 7 heteroatoms. The van der Waals surface area contributed by atoms with Gasteiger partial charge in [-0.05, 0) is 119 Å². The van der Waals surface area contributed by atoms with Crippen LogP contribution >= 0.6 is 0 Å². The molecule has 0 saturated heterocycles. The smallest absolute Gasteiger partial charge is 0.336 e. The van der Waals surface area contributed by atoms with Crippen LogP contribution in [0.15, 0.2) is 164 Å². The summed E-state index contributed by atoms with van der Waals surface area (Å²) in [6.07, 6.45) is 0. The van der Waals surface area contributed by atoms with Crippen LogP contribution in [0.3, 0.4) is 0 Å². The standard InChI is InChI=1S/3C15H10O2.Lu/c3*16-15(17)13-7-3-6-12-8-10-4-1-2-5-11(10)9-14(12)13;/h3*1-9H,(H,16,17);. The third-order valence-electron chi connectivity index (χ3n) is 8.93. The zero-order valence-electron chi connectivity index (χ0n) is 27.4. The predicted octanol–water partition coefficient (Wildman–Crippen LogP) is 11.1. The Balaban J connectivity index is 0.000000133. The Bertz CT molecular complexity index is 2500. The SMILES string of the molecule is O=C(O)c1cccc2cc3ccccc3cc12.O=C(O)c1cccc2cc3ccccc3cc12.O=C(O)c1cccc2cc3ccccc3cc12.[Lu]. The molecular weight excluding hydrogens is 811 g/mol. The zero-order valence-corrected chi connectivity index (χ0v) is 29.1. The first-order valence-electron chi connectivity index (χ1n) is 16.2. The van der Waals surface area contributed by atoms with Gasteiger partial charge in [-0.3, -0.25) is 0 Å². The maximum absolute atomic E-state index is 11.2. The monoisotopic (exact) mass is 841 g/mol. The van der Waals surface area contributed by atoms with Crippen LogP contribution in [0.4, 0.5) is 0 Å². The molecule has 0 amide bonds. The van der Waals surface area contributed by atoms with Crippen LogP contribution in [0.5, 0.6) is 0 Å². The second-order valence-electron chi connectivity index (χ2n) is 12.1. The van der Waals surface area contributed by atoms with Crippen molar-refractivity contribution in [3.8, 4) is 0 Å².